The molecular weight excluding hydrogens is 422 g/mol. The summed E-state index contributed by atoms with van der Waals surface area (Å²) in [5, 5.41) is 5.18. The van der Waals surface area contributed by atoms with Gasteiger partial charge < -0.3 is 21.1 Å². The van der Waals surface area contributed by atoms with Crippen LogP contribution in [0.15, 0.2) is 23.1 Å². The highest BCUT2D eigenvalue weighted by molar-refractivity contribution is 7.90. The molecule has 162 valence electrons. The molecule has 0 aliphatic rings. The van der Waals surface area contributed by atoms with Crippen LogP contribution in [0.25, 0.3) is 0 Å². The van der Waals surface area contributed by atoms with E-state index in [0.29, 0.717) is 5.56 Å². The van der Waals surface area contributed by atoms with Crippen LogP contribution in [0, 0.1) is 0 Å². The minimum atomic E-state index is -3.41. The SMILES string of the molecule is CC(C)(C)OC(=O)N[C@@H](CCC(N)=O)C(=O)NCc1ccc(S(C)(=O)=O)cc1Cl. The van der Waals surface area contributed by atoms with Crippen molar-refractivity contribution in [1.82, 2.24) is 10.6 Å². The standard InChI is InChI=1S/C18H26ClN3O6S/c1-18(2,3)28-17(25)22-14(7-8-15(20)23)16(24)21-10-11-5-6-12(9-13(11)19)29(4,26)27/h5-6,9,14H,7-8,10H2,1-4H3,(H2,20,23)(H,21,24)(H,22,25)/t14-/m0/s1. The highest BCUT2D eigenvalue weighted by Gasteiger charge is 2.25. The lowest BCUT2D eigenvalue weighted by Gasteiger charge is -2.23. The second-order valence-corrected chi connectivity index (χ2v) is 9.87. The van der Waals surface area contributed by atoms with E-state index in [1.54, 1.807) is 20.8 Å². The number of alkyl carbamates (subject to hydrolysis) is 1. The lowest BCUT2D eigenvalue weighted by molar-refractivity contribution is -0.124. The first-order valence-corrected chi connectivity index (χ1v) is 11.0. The summed E-state index contributed by atoms with van der Waals surface area (Å²) in [4.78, 5) is 35.6. The fraction of sp³-hybridized carbons (Fsp3) is 0.500. The first-order valence-electron chi connectivity index (χ1n) is 8.73. The number of hydrogen-bond acceptors (Lipinski definition) is 6. The molecule has 1 rings (SSSR count). The van der Waals surface area contributed by atoms with Crippen molar-refractivity contribution in [2.24, 2.45) is 5.73 Å². The molecule has 4 N–H and O–H groups in total. The second-order valence-electron chi connectivity index (χ2n) is 7.45. The topological polar surface area (TPSA) is 145 Å². The van der Waals surface area contributed by atoms with E-state index in [-0.39, 0.29) is 29.3 Å². The van der Waals surface area contributed by atoms with Crippen molar-refractivity contribution in [3.8, 4) is 0 Å². The van der Waals surface area contributed by atoms with Crippen LogP contribution in [-0.4, -0.2) is 44.2 Å². The number of nitrogens with one attached hydrogen (secondary N) is 2. The first kappa shape index (κ1) is 24.7. The van der Waals surface area contributed by atoms with Crippen LogP contribution >= 0.6 is 11.6 Å². The van der Waals surface area contributed by atoms with Gasteiger partial charge in [-0.05, 0) is 44.9 Å². The van der Waals surface area contributed by atoms with Crippen LogP contribution < -0.4 is 16.4 Å². The molecule has 0 aliphatic carbocycles. The van der Waals surface area contributed by atoms with Crippen LogP contribution in [0.4, 0.5) is 4.79 Å². The molecule has 1 aromatic carbocycles. The van der Waals surface area contributed by atoms with Gasteiger partial charge >= 0.3 is 6.09 Å². The zero-order valence-electron chi connectivity index (χ0n) is 16.7. The van der Waals surface area contributed by atoms with Gasteiger partial charge in [-0.15, -0.1) is 0 Å². The number of benzene rings is 1. The number of rotatable bonds is 8. The zero-order chi connectivity index (χ0) is 22.4. The molecule has 11 heteroatoms. The summed E-state index contributed by atoms with van der Waals surface area (Å²) in [6.45, 7) is 5.01. The maximum Gasteiger partial charge on any atom is 0.408 e. The Balaban J connectivity index is 2.83. The lowest BCUT2D eigenvalue weighted by atomic mass is 10.1. The number of hydrogen-bond donors (Lipinski definition) is 3. The Morgan fingerprint density at radius 2 is 1.86 bits per heavy atom. The predicted molar refractivity (Wildman–Crippen MR) is 108 cm³/mol. The summed E-state index contributed by atoms with van der Waals surface area (Å²) in [5.41, 5.74) is 4.85. The average molecular weight is 448 g/mol. The Labute approximate surface area is 175 Å². The maximum atomic E-state index is 12.5. The van der Waals surface area contributed by atoms with E-state index in [1.165, 1.54) is 18.2 Å². The third-order valence-corrected chi connectivity index (χ3v) is 5.05. The molecule has 0 radical (unpaired) electrons. The van der Waals surface area contributed by atoms with Crippen molar-refractivity contribution >= 4 is 39.3 Å². The van der Waals surface area contributed by atoms with E-state index in [0.717, 1.165) is 6.26 Å². The van der Waals surface area contributed by atoms with Gasteiger partial charge in [-0.2, -0.15) is 0 Å². The fourth-order valence-electron chi connectivity index (χ4n) is 2.21. The minimum absolute atomic E-state index is 0.00915. The minimum Gasteiger partial charge on any atom is -0.444 e. The monoisotopic (exact) mass is 447 g/mol. The van der Waals surface area contributed by atoms with Gasteiger partial charge in [0.05, 0.1) is 4.90 Å². The van der Waals surface area contributed by atoms with Gasteiger partial charge in [-0.25, -0.2) is 13.2 Å². The fourth-order valence-corrected chi connectivity index (χ4v) is 3.17. The Bertz CT molecular complexity index is 880. The Kier molecular flexibility index (Phi) is 8.46. The molecule has 0 spiro atoms. The molecular formula is C18H26ClN3O6S. The molecule has 9 nitrogen and oxygen atoms in total. The van der Waals surface area contributed by atoms with E-state index in [4.69, 9.17) is 22.1 Å². The molecule has 29 heavy (non-hydrogen) atoms. The van der Waals surface area contributed by atoms with E-state index >= 15 is 0 Å². The normalized spacial score (nSPS) is 12.7. The van der Waals surface area contributed by atoms with Crippen molar-refractivity contribution in [3.05, 3.63) is 28.8 Å². The van der Waals surface area contributed by atoms with E-state index in [2.05, 4.69) is 10.6 Å². The summed E-state index contributed by atoms with van der Waals surface area (Å²) >= 11 is 6.09. The Morgan fingerprint density at radius 3 is 2.34 bits per heavy atom. The molecule has 0 aromatic heterocycles. The predicted octanol–water partition coefficient (Wildman–Crippen LogP) is 1.52. The number of primary amides is 1. The van der Waals surface area contributed by atoms with Crippen molar-refractivity contribution in [3.63, 3.8) is 0 Å². The molecule has 1 aromatic rings. The number of carbonyl (C=O) groups excluding carboxylic acids is 3. The van der Waals surface area contributed by atoms with Crippen LogP contribution in [0.3, 0.4) is 0 Å². The van der Waals surface area contributed by atoms with Gasteiger partial charge in [-0.3, -0.25) is 9.59 Å². The number of halogens is 1. The average Bonchev–Trinajstić information content (AvgIpc) is 2.54. The molecule has 0 heterocycles. The molecule has 0 bridgehead atoms. The maximum absolute atomic E-state index is 12.5. The van der Waals surface area contributed by atoms with E-state index in [9.17, 15) is 22.8 Å². The van der Waals surface area contributed by atoms with Crippen LogP contribution in [0.1, 0.15) is 39.2 Å². The smallest absolute Gasteiger partial charge is 0.408 e. The summed E-state index contributed by atoms with van der Waals surface area (Å²) < 4.78 is 28.3. The van der Waals surface area contributed by atoms with Crippen LogP contribution in [0.5, 0.6) is 0 Å². The largest absolute Gasteiger partial charge is 0.444 e. The zero-order valence-corrected chi connectivity index (χ0v) is 18.3. The Morgan fingerprint density at radius 1 is 1.24 bits per heavy atom. The van der Waals surface area contributed by atoms with Crippen LogP contribution in [-0.2, 0) is 30.7 Å². The van der Waals surface area contributed by atoms with E-state index in [1.807, 2.05) is 0 Å². The van der Waals surface area contributed by atoms with Crippen LogP contribution in [0.2, 0.25) is 5.02 Å². The first-order chi connectivity index (χ1) is 13.2. The van der Waals surface area contributed by atoms with E-state index < -0.39 is 39.4 Å². The highest BCUT2D eigenvalue weighted by atomic mass is 35.5. The Hall–Kier alpha value is -2.33. The highest BCUT2D eigenvalue weighted by Crippen LogP contribution is 2.21. The molecule has 0 saturated carbocycles. The molecule has 0 aliphatic heterocycles. The van der Waals surface area contributed by atoms with Crippen molar-refractivity contribution in [2.75, 3.05) is 6.26 Å². The lowest BCUT2D eigenvalue weighted by Crippen LogP contribution is -2.48. The number of nitrogens with two attached hydrogens (primary N) is 1. The number of sulfone groups is 1. The second kappa shape index (κ2) is 9.93. The van der Waals surface area contributed by atoms with Gasteiger partial charge in [0.25, 0.3) is 0 Å². The third-order valence-electron chi connectivity index (χ3n) is 3.59. The number of ether oxygens (including phenoxy) is 1. The number of amides is 3. The van der Waals surface area contributed by atoms with Gasteiger partial charge in [0, 0.05) is 24.2 Å². The van der Waals surface area contributed by atoms with Gasteiger partial charge in [0.15, 0.2) is 9.84 Å². The summed E-state index contributed by atoms with van der Waals surface area (Å²) in [5.74, 6) is -1.19. The summed E-state index contributed by atoms with van der Waals surface area (Å²) in [6, 6.07) is 3.11. The van der Waals surface area contributed by atoms with Gasteiger partial charge in [0.1, 0.15) is 11.6 Å². The van der Waals surface area contributed by atoms with Gasteiger partial charge in [-0.1, -0.05) is 17.7 Å². The van der Waals surface area contributed by atoms with Crippen molar-refractivity contribution in [1.29, 1.82) is 0 Å². The quantitative estimate of drug-likeness (QED) is 0.550. The van der Waals surface area contributed by atoms with Gasteiger partial charge in [0.2, 0.25) is 11.8 Å². The summed E-state index contributed by atoms with van der Waals surface area (Å²) in [7, 11) is -3.41. The van der Waals surface area contributed by atoms with Crippen molar-refractivity contribution < 1.29 is 27.5 Å². The molecule has 0 fully saturated rings. The summed E-state index contributed by atoms with van der Waals surface area (Å²) in [6.07, 6.45) is 0.127. The third kappa shape index (κ3) is 9.14. The molecule has 3 amide bonds. The molecule has 1 atom stereocenters. The number of carbonyl (C=O) groups is 3. The molecule has 0 unspecified atom stereocenters. The van der Waals surface area contributed by atoms with Crippen molar-refractivity contribution in [2.45, 2.75) is 56.7 Å². The molecule has 0 saturated heterocycles.